The summed E-state index contributed by atoms with van der Waals surface area (Å²) >= 11 is 0. The van der Waals surface area contributed by atoms with Gasteiger partial charge in [0.25, 0.3) is 5.69 Å². The van der Waals surface area contributed by atoms with Gasteiger partial charge in [-0.2, -0.15) is 0 Å². The Morgan fingerprint density at radius 3 is 2.25 bits per heavy atom. The molecule has 0 unspecified atom stereocenters. The minimum Gasteiger partial charge on any atom is -0.482 e. The molecule has 0 saturated carbocycles. The van der Waals surface area contributed by atoms with Crippen LogP contribution < -0.4 is 9.47 Å². The molecule has 0 aliphatic rings. The van der Waals surface area contributed by atoms with Crippen LogP contribution in [-0.2, 0) is 4.79 Å². The number of nitrogens with zero attached hydrogens (tertiary/aromatic N) is 1. The summed E-state index contributed by atoms with van der Waals surface area (Å²) in [5, 5.41) is 10.7. The van der Waals surface area contributed by atoms with Crippen molar-refractivity contribution in [1.82, 2.24) is 0 Å². The van der Waals surface area contributed by atoms with Crippen LogP contribution in [0, 0.1) is 17.0 Å². The molecular weight excluding hydrogens is 314 g/mol. The van der Waals surface area contributed by atoms with Crippen molar-refractivity contribution < 1.29 is 24.0 Å². The normalized spacial score (nSPS) is 10.1. The Morgan fingerprint density at radius 2 is 1.71 bits per heavy atom. The molecule has 0 bridgehead atoms. The molecule has 24 heavy (non-hydrogen) atoms. The highest BCUT2D eigenvalue weighted by Crippen LogP contribution is 2.23. The Balaban J connectivity index is 1.92. The standard InChI is InChI=1S/C17H15NO6/c1-11-9-15(7-8-16(11)18(21)22)23-10-17(20)24-14-5-3-13(4-6-14)12(2)19/h3-9H,10H2,1-2H3. The number of ether oxygens (including phenoxy) is 2. The van der Waals surface area contributed by atoms with Crippen molar-refractivity contribution in [1.29, 1.82) is 0 Å². The lowest BCUT2D eigenvalue weighted by molar-refractivity contribution is -0.385. The Morgan fingerprint density at radius 1 is 1.08 bits per heavy atom. The first-order chi connectivity index (χ1) is 11.4. The van der Waals surface area contributed by atoms with E-state index >= 15 is 0 Å². The summed E-state index contributed by atoms with van der Waals surface area (Å²) in [6, 6.07) is 10.4. The quantitative estimate of drug-likeness (QED) is 0.266. The van der Waals surface area contributed by atoms with Crippen molar-refractivity contribution in [3.05, 3.63) is 63.7 Å². The van der Waals surface area contributed by atoms with E-state index in [4.69, 9.17) is 9.47 Å². The van der Waals surface area contributed by atoms with Crippen LogP contribution in [0.4, 0.5) is 5.69 Å². The number of rotatable bonds is 6. The molecule has 2 aromatic rings. The molecule has 7 heteroatoms. The number of carbonyl (C=O) groups is 2. The fraction of sp³-hybridized carbons (Fsp3) is 0.176. The zero-order chi connectivity index (χ0) is 17.7. The number of carbonyl (C=O) groups excluding carboxylic acids is 2. The van der Waals surface area contributed by atoms with Gasteiger partial charge < -0.3 is 9.47 Å². The molecule has 0 aliphatic carbocycles. The second kappa shape index (κ2) is 7.36. The van der Waals surface area contributed by atoms with E-state index in [1.807, 2.05) is 0 Å². The maximum Gasteiger partial charge on any atom is 0.349 e. The molecule has 2 rings (SSSR count). The van der Waals surface area contributed by atoms with Crippen LogP contribution in [0.15, 0.2) is 42.5 Å². The smallest absolute Gasteiger partial charge is 0.349 e. The van der Waals surface area contributed by atoms with E-state index in [0.717, 1.165) is 0 Å². The van der Waals surface area contributed by atoms with Gasteiger partial charge in [0, 0.05) is 17.2 Å². The van der Waals surface area contributed by atoms with Crippen molar-refractivity contribution in [3.8, 4) is 11.5 Å². The predicted molar refractivity (Wildman–Crippen MR) is 85.4 cm³/mol. The Kier molecular flexibility index (Phi) is 5.26. The highest BCUT2D eigenvalue weighted by atomic mass is 16.6. The number of ketones is 1. The van der Waals surface area contributed by atoms with E-state index in [0.29, 0.717) is 22.6 Å². The third-order valence-corrected chi connectivity index (χ3v) is 3.21. The Labute approximate surface area is 138 Å². The van der Waals surface area contributed by atoms with Crippen molar-refractivity contribution in [3.63, 3.8) is 0 Å². The summed E-state index contributed by atoms with van der Waals surface area (Å²) in [5.74, 6) is -0.0678. The zero-order valence-electron chi connectivity index (χ0n) is 13.1. The van der Waals surface area contributed by atoms with Crippen LogP contribution in [-0.4, -0.2) is 23.3 Å². The largest absolute Gasteiger partial charge is 0.482 e. The molecular formula is C17H15NO6. The van der Waals surface area contributed by atoms with Gasteiger partial charge in [0.15, 0.2) is 12.4 Å². The Bertz CT molecular complexity index is 782. The first-order valence-electron chi connectivity index (χ1n) is 7.06. The summed E-state index contributed by atoms with van der Waals surface area (Å²) < 4.78 is 10.3. The number of nitro groups is 1. The average molecular weight is 329 g/mol. The van der Waals surface area contributed by atoms with Gasteiger partial charge >= 0.3 is 5.97 Å². The van der Waals surface area contributed by atoms with Crippen LogP contribution in [0.5, 0.6) is 11.5 Å². The van der Waals surface area contributed by atoms with Crippen LogP contribution in [0.3, 0.4) is 0 Å². The second-order valence-corrected chi connectivity index (χ2v) is 5.05. The molecule has 0 heterocycles. The van der Waals surface area contributed by atoms with E-state index in [9.17, 15) is 19.7 Å². The molecule has 7 nitrogen and oxygen atoms in total. The Hall–Kier alpha value is -3.22. The van der Waals surface area contributed by atoms with Gasteiger partial charge in [0.2, 0.25) is 0 Å². The lowest BCUT2D eigenvalue weighted by Crippen LogP contribution is -2.17. The number of benzene rings is 2. The van der Waals surface area contributed by atoms with Crippen molar-refractivity contribution in [2.24, 2.45) is 0 Å². The molecule has 0 aliphatic heterocycles. The molecule has 0 amide bonds. The number of esters is 1. The van der Waals surface area contributed by atoms with Gasteiger partial charge in [-0.3, -0.25) is 14.9 Å². The maximum atomic E-state index is 11.7. The van der Waals surface area contributed by atoms with Crippen LogP contribution >= 0.6 is 0 Å². The molecule has 0 fully saturated rings. The molecule has 0 spiro atoms. The van der Waals surface area contributed by atoms with Crippen LogP contribution in [0.1, 0.15) is 22.8 Å². The van der Waals surface area contributed by atoms with E-state index < -0.39 is 10.9 Å². The number of hydrogen-bond donors (Lipinski definition) is 0. The number of nitro benzene ring substituents is 1. The first-order valence-corrected chi connectivity index (χ1v) is 7.06. The first kappa shape index (κ1) is 17.1. The van der Waals surface area contributed by atoms with E-state index in [-0.39, 0.29) is 18.1 Å². The number of hydrogen-bond acceptors (Lipinski definition) is 6. The highest BCUT2D eigenvalue weighted by molar-refractivity contribution is 5.94. The molecule has 2 aromatic carbocycles. The van der Waals surface area contributed by atoms with E-state index in [1.54, 1.807) is 19.1 Å². The lowest BCUT2D eigenvalue weighted by atomic mass is 10.1. The number of Topliss-reactive ketones (excluding diaryl/α,β-unsaturated/α-hetero) is 1. The van der Waals surface area contributed by atoms with Gasteiger partial charge in [-0.1, -0.05) is 0 Å². The average Bonchev–Trinajstić information content (AvgIpc) is 2.53. The molecule has 0 saturated heterocycles. The van der Waals surface area contributed by atoms with Crippen molar-refractivity contribution in [2.75, 3.05) is 6.61 Å². The van der Waals surface area contributed by atoms with Crippen molar-refractivity contribution in [2.45, 2.75) is 13.8 Å². The van der Waals surface area contributed by atoms with Gasteiger partial charge in [0.1, 0.15) is 11.5 Å². The highest BCUT2D eigenvalue weighted by Gasteiger charge is 2.12. The third-order valence-electron chi connectivity index (χ3n) is 3.21. The topological polar surface area (TPSA) is 95.7 Å². The second-order valence-electron chi connectivity index (χ2n) is 5.05. The van der Waals surface area contributed by atoms with Crippen molar-refractivity contribution >= 4 is 17.4 Å². The van der Waals surface area contributed by atoms with E-state index in [2.05, 4.69) is 0 Å². The van der Waals surface area contributed by atoms with Gasteiger partial charge in [-0.25, -0.2) is 4.79 Å². The summed E-state index contributed by atoms with van der Waals surface area (Å²) in [6.07, 6.45) is 0. The summed E-state index contributed by atoms with van der Waals surface area (Å²) in [4.78, 5) is 33.2. The van der Waals surface area contributed by atoms with Gasteiger partial charge in [-0.05, 0) is 50.2 Å². The van der Waals surface area contributed by atoms with Gasteiger partial charge in [0.05, 0.1) is 4.92 Å². The monoisotopic (exact) mass is 329 g/mol. The fourth-order valence-corrected chi connectivity index (χ4v) is 1.98. The lowest BCUT2D eigenvalue weighted by Gasteiger charge is -2.08. The summed E-state index contributed by atoms with van der Waals surface area (Å²) in [7, 11) is 0. The minimum absolute atomic E-state index is 0.0181. The summed E-state index contributed by atoms with van der Waals surface area (Å²) in [6.45, 7) is 2.69. The van der Waals surface area contributed by atoms with Crippen LogP contribution in [0.2, 0.25) is 0 Å². The van der Waals surface area contributed by atoms with E-state index in [1.165, 1.54) is 37.3 Å². The fourth-order valence-electron chi connectivity index (χ4n) is 1.98. The molecule has 0 aromatic heterocycles. The molecule has 124 valence electrons. The molecule has 0 radical (unpaired) electrons. The molecule has 0 atom stereocenters. The molecule has 0 N–H and O–H groups in total. The number of aryl methyl sites for hydroxylation is 1. The SMILES string of the molecule is CC(=O)c1ccc(OC(=O)COc2ccc([N+](=O)[O-])c(C)c2)cc1. The maximum absolute atomic E-state index is 11.7. The zero-order valence-corrected chi connectivity index (χ0v) is 13.1. The van der Waals surface area contributed by atoms with Gasteiger partial charge in [-0.15, -0.1) is 0 Å². The summed E-state index contributed by atoms with van der Waals surface area (Å²) in [5.41, 5.74) is 0.939. The minimum atomic E-state index is -0.624. The van der Waals surface area contributed by atoms with Crippen LogP contribution in [0.25, 0.3) is 0 Å². The third kappa shape index (κ3) is 4.39. The predicted octanol–water partition coefficient (Wildman–Crippen LogP) is 3.09.